The number of aromatic amines is 1. The number of anilines is 1. The molecule has 4 rings (SSSR count). The number of para-hydroxylation sites is 2. The molecule has 0 aliphatic rings. The van der Waals surface area contributed by atoms with Crippen molar-refractivity contribution in [3.8, 4) is 17.6 Å². The summed E-state index contributed by atoms with van der Waals surface area (Å²) in [5.74, 6) is -0.782. The number of aromatic hydroxyl groups is 2. The van der Waals surface area contributed by atoms with Gasteiger partial charge in [0.2, 0.25) is 11.7 Å². The Kier molecular flexibility index (Phi) is 4.99. The molecule has 9 nitrogen and oxygen atoms in total. The molecule has 9 heteroatoms. The van der Waals surface area contributed by atoms with E-state index in [1.165, 1.54) is 12.3 Å². The van der Waals surface area contributed by atoms with Crippen molar-refractivity contribution in [2.75, 3.05) is 5.43 Å². The van der Waals surface area contributed by atoms with E-state index in [1.807, 2.05) is 30.3 Å². The number of hydrogen-bond acceptors (Lipinski definition) is 8. The van der Waals surface area contributed by atoms with Crippen LogP contribution in [0.2, 0.25) is 0 Å². The SMILES string of the molecule is N#Cc1cnc(NNCc2cccc(O)c2O)nc1C(=O)c1c[nH]c2ccccc12. The van der Waals surface area contributed by atoms with Gasteiger partial charge in [-0.2, -0.15) is 5.26 Å². The first-order chi connectivity index (χ1) is 14.6. The van der Waals surface area contributed by atoms with Gasteiger partial charge in [-0.05, 0) is 12.1 Å². The maximum atomic E-state index is 13.1. The zero-order valence-corrected chi connectivity index (χ0v) is 15.5. The fourth-order valence-corrected chi connectivity index (χ4v) is 3.02. The fourth-order valence-electron chi connectivity index (χ4n) is 3.02. The van der Waals surface area contributed by atoms with Crippen molar-refractivity contribution in [3.05, 3.63) is 77.2 Å². The minimum absolute atomic E-state index is 0.0262. The zero-order valence-electron chi connectivity index (χ0n) is 15.5. The number of aromatic nitrogens is 3. The molecule has 2 heterocycles. The summed E-state index contributed by atoms with van der Waals surface area (Å²) in [6.45, 7) is 0.148. The Morgan fingerprint density at radius 1 is 1.17 bits per heavy atom. The van der Waals surface area contributed by atoms with Crippen LogP contribution in [0.1, 0.15) is 27.2 Å². The van der Waals surface area contributed by atoms with Gasteiger partial charge >= 0.3 is 0 Å². The van der Waals surface area contributed by atoms with Gasteiger partial charge in [0.15, 0.2) is 11.5 Å². The van der Waals surface area contributed by atoms with Gasteiger partial charge in [-0.15, -0.1) is 0 Å². The number of rotatable bonds is 6. The highest BCUT2D eigenvalue weighted by Gasteiger charge is 2.20. The summed E-state index contributed by atoms with van der Waals surface area (Å²) in [7, 11) is 0. The number of ketones is 1. The predicted molar refractivity (Wildman–Crippen MR) is 109 cm³/mol. The Morgan fingerprint density at radius 3 is 2.83 bits per heavy atom. The molecule has 0 aliphatic heterocycles. The average molecular weight is 400 g/mol. The van der Waals surface area contributed by atoms with E-state index in [0.29, 0.717) is 11.1 Å². The smallest absolute Gasteiger partial charge is 0.238 e. The van der Waals surface area contributed by atoms with E-state index in [-0.39, 0.29) is 35.2 Å². The molecule has 0 spiro atoms. The van der Waals surface area contributed by atoms with E-state index in [0.717, 1.165) is 10.9 Å². The van der Waals surface area contributed by atoms with Gasteiger partial charge in [0.25, 0.3) is 0 Å². The molecule has 5 N–H and O–H groups in total. The standard InChI is InChI=1S/C21H16N6O3/c22-8-13-9-24-21(27-25-10-12-4-3-7-17(28)19(12)29)26-18(13)20(30)15-11-23-16-6-2-1-5-14(15)16/h1-7,9,11,23,25,28-29H,10H2,(H,24,26,27). The highest BCUT2D eigenvalue weighted by molar-refractivity contribution is 6.16. The van der Waals surface area contributed by atoms with Gasteiger partial charge in [-0.1, -0.05) is 30.3 Å². The van der Waals surface area contributed by atoms with Crippen LogP contribution in [0.25, 0.3) is 10.9 Å². The minimum Gasteiger partial charge on any atom is -0.504 e. The summed E-state index contributed by atoms with van der Waals surface area (Å²) in [5, 5.41) is 29.5. The molecule has 0 unspecified atom stereocenters. The summed E-state index contributed by atoms with van der Waals surface area (Å²) >= 11 is 0. The molecule has 0 atom stereocenters. The molecule has 148 valence electrons. The van der Waals surface area contributed by atoms with E-state index in [2.05, 4.69) is 25.8 Å². The van der Waals surface area contributed by atoms with Crippen LogP contribution in [0.15, 0.2) is 54.9 Å². The highest BCUT2D eigenvalue weighted by atomic mass is 16.3. The van der Waals surface area contributed by atoms with E-state index in [9.17, 15) is 20.3 Å². The second kappa shape index (κ2) is 7.90. The number of carbonyl (C=O) groups excluding carboxylic acids is 1. The van der Waals surface area contributed by atoms with Crippen LogP contribution in [-0.4, -0.2) is 30.9 Å². The van der Waals surface area contributed by atoms with Crippen molar-refractivity contribution < 1.29 is 15.0 Å². The number of carbonyl (C=O) groups is 1. The lowest BCUT2D eigenvalue weighted by molar-refractivity contribution is 0.103. The van der Waals surface area contributed by atoms with Gasteiger partial charge in [0, 0.05) is 34.8 Å². The molecule has 2 aromatic heterocycles. The number of phenols is 2. The Bertz CT molecular complexity index is 1290. The lowest BCUT2D eigenvalue weighted by atomic mass is 10.0. The van der Waals surface area contributed by atoms with Crippen LogP contribution in [0.3, 0.4) is 0 Å². The average Bonchev–Trinajstić information content (AvgIpc) is 3.20. The van der Waals surface area contributed by atoms with Gasteiger partial charge < -0.3 is 15.2 Å². The normalized spacial score (nSPS) is 10.6. The van der Waals surface area contributed by atoms with Crippen LogP contribution in [0.4, 0.5) is 5.95 Å². The first kappa shape index (κ1) is 18.9. The molecule has 0 radical (unpaired) electrons. The van der Waals surface area contributed by atoms with Crippen molar-refractivity contribution in [1.29, 1.82) is 5.26 Å². The molecule has 0 aliphatic carbocycles. The topological polar surface area (TPSA) is 147 Å². The zero-order chi connectivity index (χ0) is 21.1. The van der Waals surface area contributed by atoms with Crippen LogP contribution in [0.5, 0.6) is 11.5 Å². The fraction of sp³-hybridized carbons (Fsp3) is 0.0476. The molecule has 30 heavy (non-hydrogen) atoms. The van der Waals surface area contributed by atoms with Crippen molar-refractivity contribution >= 4 is 22.6 Å². The number of hydrazine groups is 1. The second-order valence-corrected chi connectivity index (χ2v) is 6.41. The lowest BCUT2D eigenvalue weighted by Gasteiger charge is -2.10. The number of phenolic OH excluding ortho intramolecular Hbond substituents is 2. The van der Waals surface area contributed by atoms with E-state index in [4.69, 9.17) is 0 Å². The third-order valence-corrected chi connectivity index (χ3v) is 4.54. The Balaban J connectivity index is 1.57. The van der Waals surface area contributed by atoms with Crippen molar-refractivity contribution in [2.45, 2.75) is 6.54 Å². The van der Waals surface area contributed by atoms with E-state index in [1.54, 1.807) is 18.3 Å². The number of benzene rings is 2. The summed E-state index contributed by atoms with van der Waals surface area (Å²) in [4.78, 5) is 24.3. The number of fused-ring (bicyclic) bond motifs is 1. The molecule has 0 bridgehead atoms. The maximum Gasteiger partial charge on any atom is 0.238 e. The molecule has 0 amide bonds. The molecular formula is C21H16N6O3. The number of nitriles is 1. The number of H-pyrrole nitrogens is 1. The van der Waals surface area contributed by atoms with Crippen LogP contribution < -0.4 is 10.9 Å². The molecule has 2 aromatic carbocycles. The quantitative estimate of drug-likeness (QED) is 0.188. The first-order valence-corrected chi connectivity index (χ1v) is 8.95. The number of nitrogens with zero attached hydrogens (tertiary/aromatic N) is 3. The van der Waals surface area contributed by atoms with Crippen LogP contribution in [0, 0.1) is 11.3 Å². The Labute approximate surface area is 170 Å². The molecular weight excluding hydrogens is 384 g/mol. The summed E-state index contributed by atoms with van der Waals surface area (Å²) in [6.07, 6.45) is 2.86. The van der Waals surface area contributed by atoms with Crippen LogP contribution in [-0.2, 0) is 6.54 Å². The highest BCUT2D eigenvalue weighted by Crippen LogP contribution is 2.28. The Morgan fingerprint density at radius 2 is 2.00 bits per heavy atom. The number of hydrogen-bond donors (Lipinski definition) is 5. The van der Waals surface area contributed by atoms with Crippen molar-refractivity contribution in [1.82, 2.24) is 20.4 Å². The summed E-state index contributed by atoms with van der Waals surface area (Å²) in [6, 6.07) is 13.9. The van der Waals surface area contributed by atoms with Gasteiger partial charge in [0.1, 0.15) is 17.3 Å². The third kappa shape index (κ3) is 3.50. The largest absolute Gasteiger partial charge is 0.504 e. The van der Waals surface area contributed by atoms with E-state index < -0.39 is 5.78 Å². The predicted octanol–water partition coefficient (Wildman–Crippen LogP) is 2.59. The lowest BCUT2D eigenvalue weighted by Crippen LogP contribution is -2.23. The van der Waals surface area contributed by atoms with Crippen LogP contribution >= 0.6 is 0 Å². The third-order valence-electron chi connectivity index (χ3n) is 4.54. The second-order valence-electron chi connectivity index (χ2n) is 6.41. The summed E-state index contributed by atoms with van der Waals surface area (Å²) < 4.78 is 0. The molecule has 4 aromatic rings. The Hall–Kier alpha value is -4.42. The molecule has 0 saturated carbocycles. The maximum absolute atomic E-state index is 13.1. The van der Waals surface area contributed by atoms with Crippen molar-refractivity contribution in [2.24, 2.45) is 0 Å². The summed E-state index contributed by atoms with van der Waals surface area (Å²) in [5.41, 5.74) is 7.23. The van der Waals surface area contributed by atoms with Gasteiger partial charge in [0.05, 0.1) is 6.20 Å². The first-order valence-electron chi connectivity index (χ1n) is 8.95. The van der Waals surface area contributed by atoms with Gasteiger partial charge in [-0.25, -0.2) is 15.4 Å². The molecule has 0 saturated heterocycles. The van der Waals surface area contributed by atoms with Gasteiger partial charge in [-0.3, -0.25) is 10.2 Å². The molecule has 0 fully saturated rings. The van der Waals surface area contributed by atoms with E-state index >= 15 is 0 Å². The monoisotopic (exact) mass is 400 g/mol. The number of nitrogens with one attached hydrogen (secondary N) is 3. The minimum atomic E-state index is -0.403. The van der Waals surface area contributed by atoms with Crippen molar-refractivity contribution in [3.63, 3.8) is 0 Å².